The van der Waals surface area contributed by atoms with E-state index < -0.39 is 0 Å². The zero-order chi connectivity index (χ0) is 14.4. The van der Waals surface area contributed by atoms with E-state index in [9.17, 15) is 4.79 Å². The van der Waals surface area contributed by atoms with Crippen molar-refractivity contribution in [3.8, 4) is 18.0 Å². The third-order valence-corrected chi connectivity index (χ3v) is 2.61. The van der Waals surface area contributed by atoms with Gasteiger partial charge in [-0.3, -0.25) is 5.43 Å². The van der Waals surface area contributed by atoms with E-state index in [2.05, 4.69) is 26.7 Å². The quantitative estimate of drug-likeness (QED) is 0.476. The van der Waals surface area contributed by atoms with Gasteiger partial charge in [0.15, 0.2) is 0 Å². The van der Waals surface area contributed by atoms with Crippen molar-refractivity contribution in [1.29, 1.82) is 0 Å². The van der Waals surface area contributed by atoms with Crippen LogP contribution in [-0.4, -0.2) is 21.1 Å². The molecule has 0 atom stereocenters. The zero-order valence-corrected chi connectivity index (χ0v) is 11.1. The first-order valence-electron chi connectivity index (χ1n) is 6.24. The van der Waals surface area contributed by atoms with Crippen LogP contribution in [0.25, 0.3) is 5.69 Å². The maximum atomic E-state index is 12.2. The van der Waals surface area contributed by atoms with Gasteiger partial charge in [0, 0.05) is 6.42 Å². The van der Waals surface area contributed by atoms with Gasteiger partial charge in [-0.1, -0.05) is 31.0 Å². The topological polar surface area (TPSA) is 71.8 Å². The summed E-state index contributed by atoms with van der Waals surface area (Å²) in [5, 5.41) is 0. The molecule has 0 radical (unpaired) electrons. The van der Waals surface area contributed by atoms with Gasteiger partial charge in [-0.25, -0.2) is 14.8 Å². The summed E-state index contributed by atoms with van der Waals surface area (Å²) in [6.07, 6.45) is 5.73. The van der Waals surface area contributed by atoms with Crippen LogP contribution in [0, 0.1) is 12.3 Å². The van der Waals surface area contributed by atoms with Crippen molar-refractivity contribution in [2.45, 2.75) is 13.3 Å². The summed E-state index contributed by atoms with van der Waals surface area (Å²) in [7, 11) is 0. The standard InChI is InChI=1S/C14H15N5O/c1-3-10-15-18-13-16-12(4-2)19(14(20)17-13)11-8-6-5-7-9-11/h1,5-9,15H,4,10H2,2H3,(H,17,18,20). The highest BCUT2D eigenvalue weighted by molar-refractivity contribution is 5.34. The van der Waals surface area contributed by atoms with Crippen molar-refractivity contribution in [2.75, 3.05) is 12.0 Å². The number of terminal acetylenes is 1. The minimum Gasteiger partial charge on any atom is -0.289 e. The van der Waals surface area contributed by atoms with E-state index in [4.69, 9.17) is 6.42 Å². The second kappa shape index (κ2) is 6.50. The van der Waals surface area contributed by atoms with Gasteiger partial charge in [0.05, 0.1) is 12.2 Å². The Bertz CT molecular complexity index is 672. The summed E-state index contributed by atoms with van der Waals surface area (Å²) in [6.45, 7) is 2.24. The molecule has 6 heteroatoms. The molecule has 102 valence electrons. The first-order chi connectivity index (χ1) is 9.76. The lowest BCUT2D eigenvalue weighted by molar-refractivity contribution is 0.756. The number of rotatable bonds is 5. The molecule has 0 unspecified atom stereocenters. The van der Waals surface area contributed by atoms with Crippen LogP contribution >= 0.6 is 0 Å². The second-order valence-corrected chi connectivity index (χ2v) is 3.95. The number of aromatic nitrogens is 3. The van der Waals surface area contributed by atoms with Crippen molar-refractivity contribution in [3.05, 3.63) is 46.6 Å². The van der Waals surface area contributed by atoms with Crippen molar-refractivity contribution in [3.63, 3.8) is 0 Å². The molecule has 0 aliphatic rings. The molecule has 0 spiro atoms. The highest BCUT2D eigenvalue weighted by atomic mass is 16.1. The van der Waals surface area contributed by atoms with Gasteiger partial charge in [-0.05, 0) is 12.1 Å². The van der Waals surface area contributed by atoms with Crippen LogP contribution in [0.4, 0.5) is 5.95 Å². The molecule has 2 rings (SSSR count). The van der Waals surface area contributed by atoms with Gasteiger partial charge >= 0.3 is 5.69 Å². The Labute approximate surface area is 116 Å². The molecule has 1 heterocycles. The van der Waals surface area contributed by atoms with Gasteiger partial charge in [0.1, 0.15) is 5.82 Å². The summed E-state index contributed by atoms with van der Waals surface area (Å²) in [5.41, 5.74) is 5.81. The molecule has 0 fully saturated rings. The molecule has 0 aliphatic heterocycles. The van der Waals surface area contributed by atoms with E-state index in [1.54, 1.807) is 0 Å². The van der Waals surface area contributed by atoms with Crippen molar-refractivity contribution in [1.82, 2.24) is 20.0 Å². The lowest BCUT2D eigenvalue weighted by atomic mass is 10.3. The van der Waals surface area contributed by atoms with E-state index in [0.717, 1.165) is 5.69 Å². The zero-order valence-electron chi connectivity index (χ0n) is 11.1. The monoisotopic (exact) mass is 269 g/mol. The minimum absolute atomic E-state index is 0.217. The molecule has 0 saturated carbocycles. The molecule has 1 aromatic carbocycles. The van der Waals surface area contributed by atoms with Gasteiger partial charge in [-0.2, -0.15) is 9.97 Å². The number of benzene rings is 1. The Morgan fingerprint density at radius 1 is 1.30 bits per heavy atom. The summed E-state index contributed by atoms with van der Waals surface area (Å²) in [5.74, 6) is 3.25. The highest BCUT2D eigenvalue weighted by Gasteiger charge is 2.09. The SMILES string of the molecule is C#CCNNc1nc(CC)n(-c2ccccc2)c(=O)n1. The average molecular weight is 269 g/mol. The van der Waals surface area contributed by atoms with E-state index in [-0.39, 0.29) is 11.6 Å². The normalized spacial score (nSPS) is 10.0. The smallest absolute Gasteiger partial charge is 0.289 e. The first kappa shape index (κ1) is 13.8. The molecule has 0 saturated heterocycles. The molecular weight excluding hydrogens is 254 g/mol. The maximum Gasteiger partial charge on any atom is 0.356 e. The number of nitrogens with zero attached hydrogens (tertiary/aromatic N) is 3. The Morgan fingerprint density at radius 2 is 2.05 bits per heavy atom. The molecule has 0 bridgehead atoms. The van der Waals surface area contributed by atoms with Gasteiger partial charge < -0.3 is 0 Å². The molecule has 1 aromatic heterocycles. The van der Waals surface area contributed by atoms with Crippen LogP contribution in [0.5, 0.6) is 0 Å². The molecule has 20 heavy (non-hydrogen) atoms. The summed E-state index contributed by atoms with van der Waals surface area (Å²) < 4.78 is 1.49. The van der Waals surface area contributed by atoms with Crippen molar-refractivity contribution < 1.29 is 0 Å². The number of para-hydroxylation sites is 1. The lowest BCUT2D eigenvalue weighted by Gasteiger charge is -2.12. The molecule has 0 amide bonds. The second-order valence-electron chi connectivity index (χ2n) is 3.95. The fraction of sp³-hybridized carbons (Fsp3) is 0.214. The van der Waals surface area contributed by atoms with Crippen LogP contribution in [0.15, 0.2) is 35.1 Å². The number of hydrazine groups is 1. The number of hydrogen-bond acceptors (Lipinski definition) is 5. The third kappa shape index (κ3) is 3.02. The molecule has 2 N–H and O–H groups in total. The predicted molar refractivity (Wildman–Crippen MR) is 77.5 cm³/mol. The Morgan fingerprint density at radius 3 is 2.70 bits per heavy atom. The van der Waals surface area contributed by atoms with Crippen LogP contribution in [0.3, 0.4) is 0 Å². The van der Waals surface area contributed by atoms with Crippen LogP contribution < -0.4 is 16.5 Å². The highest BCUT2D eigenvalue weighted by Crippen LogP contribution is 2.08. The van der Waals surface area contributed by atoms with E-state index >= 15 is 0 Å². The Hall–Kier alpha value is -2.65. The fourth-order valence-electron chi connectivity index (χ4n) is 1.75. The van der Waals surface area contributed by atoms with Gasteiger partial charge in [-0.15, -0.1) is 6.42 Å². The molecule has 0 aliphatic carbocycles. The Balaban J connectivity index is 2.40. The number of hydrogen-bond donors (Lipinski definition) is 2. The van der Waals surface area contributed by atoms with E-state index in [0.29, 0.717) is 18.8 Å². The number of nitrogens with one attached hydrogen (secondary N) is 2. The average Bonchev–Trinajstić information content (AvgIpc) is 2.47. The van der Waals surface area contributed by atoms with Crippen molar-refractivity contribution in [2.24, 2.45) is 0 Å². The summed E-state index contributed by atoms with van der Waals surface area (Å²) in [6, 6.07) is 9.30. The van der Waals surface area contributed by atoms with Crippen LogP contribution in [0.1, 0.15) is 12.7 Å². The molecular formula is C14H15N5O. The molecule has 2 aromatic rings. The van der Waals surface area contributed by atoms with Crippen LogP contribution in [-0.2, 0) is 6.42 Å². The largest absolute Gasteiger partial charge is 0.356 e. The Kier molecular flexibility index (Phi) is 4.47. The fourth-order valence-corrected chi connectivity index (χ4v) is 1.75. The van der Waals surface area contributed by atoms with Crippen LogP contribution in [0.2, 0.25) is 0 Å². The summed E-state index contributed by atoms with van der Waals surface area (Å²) >= 11 is 0. The lowest BCUT2D eigenvalue weighted by Crippen LogP contribution is -2.31. The number of anilines is 1. The summed E-state index contributed by atoms with van der Waals surface area (Å²) in [4.78, 5) is 20.4. The van der Waals surface area contributed by atoms with Gasteiger partial charge in [0.2, 0.25) is 5.95 Å². The van der Waals surface area contributed by atoms with Gasteiger partial charge in [0.25, 0.3) is 0 Å². The first-order valence-corrected chi connectivity index (χ1v) is 6.24. The maximum absolute atomic E-state index is 12.2. The van der Waals surface area contributed by atoms with E-state index in [1.807, 2.05) is 37.3 Å². The van der Waals surface area contributed by atoms with Crippen molar-refractivity contribution >= 4 is 5.95 Å². The predicted octanol–water partition coefficient (Wildman–Crippen LogP) is 0.740. The number of aryl methyl sites for hydroxylation is 1. The minimum atomic E-state index is -0.381. The third-order valence-electron chi connectivity index (χ3n) is 2.61. The molecule has 6 nitrogen and oxygen atoms in total. The van der Waals surface area contributed by atoms with E-state index in [1.165, 1.54) is 4.57 Å².